The average molecular weight is 289 g/mol. The van der Waals surface area contributed by atoms with E-state index in [2.05, 4.69) is 4.90 Å². The molecular weight excluding hydrogens is 271 g/mol. The highest BCUT2D eigenvalue weighted by Gasteiger charge is 2.29. The summed E-state index contributed by atoms with van der Waals surface area (Å²) in [6.45, 7) is 5.27. The highest BCUT2D eigenvalue weighted by atomic mass is 35.5. The van der Waals surface area contributed by atoms with Gasteiger partial charge in [-0.3, -0.25) is 4.90 Å². The van der Waals surface area contributed by atoms with Gasteiger partial charge in [-0.15, -0.1) is 0 Å². The van der Waals surface area contributed by atoms with Crippen LogP contribution in [0.5, 0.6) is 0 Å². The Morgan fingerprint density at radius 2 is 1.94 bits per heavy atom. The lowest BCUT2D eigenvalue weighted by molar-refractivity contribution is -0.0142. The molecule has 1 aliphatic heterocycles. The van der Waals surface area contributed by atoms with E-state index in [1.807, 2.05) is 25.1 Å². The van der Waals surface area contributed by atoms with Crippen molar-refractivity contribution in [3.8, 4) is 0 Å². The minimum atomic E-state index is -0.388. The summed E-state index contributed by atoms with van der Waals surface area (Å²) in [5, 5.41) is 1.15. The van der Waals surface area contributed by atoms with Gasteiger partial charge in [-0.05, 0) is 24.6 Å². The Hall–Kier alpha value is -0.320. The second-order valence-electron chi connectivity index (χ2n) is 4.88. The molecule has 0 aliphatic carbocycles. The first-order valence-corrected chi connectivity index (χ1v) is 6.80. The van der Waals surface area contributed by atoms with Crippen molar-refractivity contribution in [2.24, 2.45) is 5.73 Å². The summed E-state index contributed by atoms with van der Waals surface area (Å²) in [4.78, 5) is 2.25. The summed E-state index contributed by atoms with van der Waals surface area (Å²) in [5.41, 5.74) is 7.12. The van der Waals surface area contributed by atoms with Gasteiger partial charge in [0, 0.05) is 19.5 Å². The van der Waals surface area contributed by atoms with Gasteiger partial charge in [0.2, 0.25) is 0 Å². The number of ether oxygens (including phenoxy) is 1. The molecule has 0 saturated carbocycles. The van der Waals surface area contributed by atoms with Crippen molar-refractivity contribution in [3.63, 3.8) is 0 Å². The van der Waals surface area contributed by atoms with Crippen molar-refractivity contribution in [3.05, 3.63) is 33.8 Å². The van der Waals surface area contributed by atoms with Crippen LogP contribution in [0.1, 0.15) is 12.5 Å². The first-order valence-electron chi connectivity index (χ1n) is 6.05. The van der Waals surface area contributed by atoms with Crippen LogP contribution >= 0.6 is 23.2 Å². The van der Waals surface area contributed by atoms with Crippen LogP contribution in [0.25, 0.3) is 0 Å². The fraction of sp³-hybridized carbons (Fsp3) is 0.538. The van der Waals surface area contributed by atoms with E-state index in [0.717, 1.165) is 38.3 Å². The molecule has 5 heteroatoms. The average Bonchev–Trinajstić information content (AvgIpc) is 2.35. The molecule has 1 aromatic carbocycles. The van der Waals surface area contributed by atoms with Crippen LogP contribution in [-0.2, 0) is 11.2 Å². The molecule has 100 valence electrons. The number of hydrogen-bond acceptors (Lipinski definition) is 3. The van der Waals surface area contributed by atoms with Crippen molar-refractivity contribution in [1.82, 2.24) is 4.90 Å². The second-order valence-corrected chi connectivity index (χ2v) is 5.70. The van der Waals surface area contributed by atoms with Crippen LogP contribution in [-0.4, -0.2) is 36.9 Å². The molecule has 0 amide bonds. The van der Waals surface area contributed by atoms with Crippen LogP contribution < -0.4 is 5.73 Å². The quantitative estimate of drug-likeness (QED) is 0.929. The van der Waals surface area contributed by atoms with E-state index < -0.39 is 0 Å². The number of nitrogens with two attached hydrogens (primary N) is 1. The first kappa shape index (κ1) is 14.1. The number of nitrogens with zero attached hydrogens (tertiary/aromatic N) is 1. The minimum Gasteiger partial charge on any atom is -0.379 e. The lowest BCUT2D eigenvalue weighted by atomic mass is 10.00. The molecule has 1 aliphatic rings. The van der Waals surface area contributed by atoms with Crippen molar-refractivity contribution in [2.45, 2.75) is 19.0 Å². The van der Waals surface area contributed by atoms with Gasteiger partial charge >= 0.3 is 0 Å². The van der Waals surface area contributed by atoms with Crippen LogP contribution in [0.15, 0.2) is 18.2 Å². The summed E-state index contributed by atoms with van der Waals surface area (Å²) in [7, 11) is 0. The standard InChI is InChI=1S/C13H18Cl2N2O/c1-13(16,17-4-6-18-7-5-17)9-10-2-3-11(14)12(15)8-10/h2-3,8H,4-7,9,16H2,1H3. The molecule has 0 aromatic heterocycles. The molecule has 3 nitrogen and oxygen atoms in total. The Morgan fingerprint density at radius 1 is 1.28 bits per heavy atom. The van der Waals surface area contributed by atoms with Gasteiger partial charge in [0.15, 0.2) is 0 Å². The fourth-order valence-electron chi connectivity index (χ4n) is 2.25. The maximum atomic E-state index is 6.41. The van der Waals surface area contributed by atoms with Gasteiger partial charge in [0.25, 0.3) is 0 Å². The van der Waals surface area contributed by atoms with E-state index >= 15 is 0 Å². The SMILES string of the molecule is CC(N)(Cc1ccc(Cl)c(Cl)c1)N1CCOCC1. The molecular formula is C13H18Cl2N2O. The van der Waals surface area contributed by atoms with Gasteiger partial charge < -0.3 is 10.5 Å². The van der Waals surface area contributed by atoms with Gasteiger partial charge in [0.1, 0.15) is 0 Å². The molecule has 0 radical (unpaired) electrons. The zero-order valence-corrected chi connectivity index (χ0v) is 12.0. The van der Waals surface area contributed by atoms with Crippen LogP contribution in [0.3, 0.4) is 0 Å². The molecule has 0 spiro atoms. The van der Waals surface area contributed by atoms with E-state index in [-0.39, 0.29) is 5.66 Å². The number of benzene rings is 1. The summed E-state index contributed by atoms with van der Waals surface area (Å²) < 4.78 is 5.34. The van der Waals surface area contributed by atoms with Gasteiger partial charge in [-0.1, -0.05) is 29.3 Å². The van der Waals surface area contributed by atoms with Crippen LogP contribution in [0.4, 0.5) is 0 Å². The topological polar surface area (TPSA) is 38.5 Å². The third-order valence-corrected chi connectivity index (χ3v) is 4.02. The Bertz CT molecular complexity index is 417. The Morgan fingerprint density at radius 3 is 2.56 bits per heavy atom. The molecule has 1 aromatic rings. The summed E-state index contributed by atoms with van der Waals surface area (Å²) in [6, 6.07) is 5.67. The monoisotopic (exact) mass is 288 g/mol. The minimum absolute atomic E-state index is 0.388. The Kier molecular flexibility index (Phi) is 4.51. The number of rotatable bonds is 3. The van der Waals surface area contributed by atoms with E-state index in [4.69, 9.17) is 33.7 Å². The number of hydrogen-bond donors (Lipinski definition) is 1. The first-order chi connectivity index (χ1) is 8.49. The molecule has 2 N–H and O–H groups in total. The predicted molar refractivity (Wildman–Crippen MR) is 75.2 cm³/mol. The van der Waals surface area contributed by atoms with Crippen molar-refractivity contribution < 1.29 is 4.74 Å². The Labute approximate surface area is 118 Å². The highest BCUT2D eigenvalue weighted by Crippen LogP contribution is 2.25. The molecule has 1 heterocycles. The van der Waals surface area contributed by atoms with E-state index in [9.17, 15) is 0 Å². The molecule has 2 rings (SSSR count). The normalized spacial score (nSPS) is 20.7. The molecule has 1 fully saturated rings. The predicted octanol–water partition coefficient (Wildman–Crippen LogP) is 2.54. The lowest BCUT2D eigenvalue weighted by Gasteiger charge is -2.40. The molecule has 0 bridgehead atoms. The lowest BCUT2D eigenvalue weighted by Crippen LogP contribution is -2.58. The Balaban J connectivity index is 2.08. The molecule has 18 heavy (non-hydrogen) atoms. The maximum Gasteiger partial charge on any atom is 0.0701 e. The van der Waals surface area contributed by atoms with Crippen LogP contribution in [0, 0.1) is 0 Å². The van der Waals surface area contributed by atoms with Gasteiger partial charge in [-0.2, -0.15) is 0 Å². The number of halogens is 2. The summed E-state index contributed by atoms with van der Waals surface area (Å²) in [6.07, 6.45) is 0.740. The third-order valence-electron chi connectivity index (χ3n) is 3.28. The van der Waals surface area contributed by atoms with Crippen molar-refractivity contribution in [2.75, 3.05) is 26.3 Å². The van der Waals surface area contributed by atoms with Gasteiger partial charge in [-0.25, -0.2) is 0 Å². The smallest absolute Gasteiger partial charge is 0.0701 e. The second kappa shape index (κ2) is 5.76. The van der Waals surface area contributed by atoms with E-state index in [1.54, 1.807) is 0 Å². The maximum absolute atomic E-state index is 6.41. The van der Waals surface area contributed by atoms with Crippen LogP contribution in [0.2, 0.25) is 10.0 Å². The zero-order valence-electron chi connectivity index (χ0n) is 10.5. The van der Waals surface area contributed by atoms with E-state index in [1.165, 1.54) is 0 Å². The fourth-order valence-corrected chi connectivity index (χ4v) is 2.57. The largest absolute Gasteiger partial charge is 0.379 e. The highest BCUT2D eigenvalue weighted by molar-refractivity contribution is 6.42. The zero-order chi connectivity index (χ0) is 13.2. The van der Waals surface area contributed by atoms with Gasteiger partial charge in [0.05, 0.1) is 28.9 Å². The van der Waals surface area contributed by atoms with Crippen molar-refractivity contribution >= 4 is 23.2 Å². The molecule has 1 atom stereocenters. The summed E-state index contributed by atoms with van der Waals surface area (Å²) in [5.74, 6) is 0. The summed E-state index contributed by atoms with van der Waals surface area (Å²) >= 11 is 11.9. The van der Waals surface area contributed by atoms with E-state index in [0.29, 0.717) is 10.0 Å². The number of morpholine rings is 1. The molecule has 1 unspecified atom stereocenters. The third kappa shape index (κ3) is 3.37. The van der Waals surface area contributed by atoms with Crippen molar-refractivity contribution in [1.29, 1.82) is 0 Å². The molecule has 1 saturated heterocycles.